The molecule has 2 saturated heterocycles. The van der Waals surface area contributed by atoms with Gasteiger partial charge >= 0.3 is 17.8 Å². The summed E-state index contributed by atoms with van der Waals surface area (Å²) >= 11 is 0. The number of urea groups is 1. The van der Waals surface area contributed by atoms with Crippen molar-refractivity contribution in [3.05, 3.63) is 18.5 Å². The van der Waals surface area contributed by atoms with Crippen molar-refractivity contribution in [2.24, 2.45) is 5.92 Å². The van der Waals surface area contributed by atoms with Gasteiger partial charge in [0.15, 0.2) is 0 Å². The average Bonchev–Trinajstić information content (AvgIpc) is 2.93. The molecule has 0 aromatic carbocycles. The van der Waals surface area contributed by atoms with Crippen LogP contribution in [0.4, 0.5) is 10.7 Å². The van der Waals surface area contributed by atoms with Crippen molar-refractivity contribution in [1.82, 2.24) is 24.7 Å². The van der Waals surface area contributed by atoms with Crippen LogP contribution in [0.3, 0.4) is 0 Å². The first-order valence-corrected chi connectivity index (χ1v) is 9.99. The lowest BCUT2D eigenvalue weighted by Gasteiger charge is -2.36. The summed E-state index contributed by atoms with van der Waals surface area (Å²) in [6.45, 7) is 4.97. The molecule has 3 fully saturated rings. The summed E-state index contributed by atoms with van der Waals surface area (Å²) in [6.07, 6.45) is 7.30. The van der Waals surface area contributed by atoms with Gasteiger partial charge in [-0.1, -0.05) is 19.8 Å². The first kappa shape index (κ1) is 18.8. The number of carbonyl (C=O) groups is 3. The van der Waals surface area contributed by atoms with Gasteiger partial charge in [-0.15, -0.1) is 0 Å². The van der Waals surface area contributed by atoms with Crippen molar-refractivity contribution in [1.29, 1.82) is 0 Å². The molecule has 3 aliphatic rings. The van der Waals surface area contributed by atoms with Crippen molar-refractivity contribution >= 4 is 23.8 Å². The lowest BCUT2D eigenvalue weighted by Crippen LogP contribution is -2.52. The van der Waals surface area contributed by atoms with E-state index in [1.54, 1.807) is 18.5 Å². The van der Waals surface area contributed by atoms with Crippen molar-refractivity contribution in [2.45, 2.75) is 38.6 Å². The summed E-state index contributed by atoms with van der Waals surface area (Å²) < 4.78 is 0. The summed E-state index contributed by atoms with van der Waals surface area (Å²) in [5.41, 5.74) is 0. The molecular weight excluding hydrogens is 360 g/mol. The summed E-state index contributed by atoms with van der Waals surface area (Å²) in [7, 11) is 0. The topological polar surface area (TPSA) is 90.0 Å². The molecule has 0 bridgehead atoms. The number of carbonyl (C=O) groups excluding carboxylic acids is 3. The molecule has 4 amide bonds. The fourth-order valence-corrected chi connectivity index (χ4v) is 4.36. The maximum atomic E-state index is 12.9. The van der Waals surface area contributed by atoms with Gasteiger partial charge in [0.25, 0.3) is 0 Å². The van der Waals surface area contributed by atoms with Crippen LogP contribution < -0.4 is 4.90 Å². The number of amides is 4. The Balaban J connectivity index is 1.38. The average molecular weight is 386 g/mol. The molecule has 9 heteroatoms. The smallest absolute Gasteiger partial charge is 0.335 e. The van der Waals surface area contributed by atoms with E-state index in [1.165, 1.54) is 4.90 Å². The predicted molar refractivity (Wildman–Crippen MR) is 101 cm³/mol. The van der Waals surface area contributed by atoms with E-state index >= 15 is 0 Å². The molecule has 2 atom stereocenters. The first-order chi connectivity index (χ1) is 13.6. The zero-order chi connectivity index (χ0) is 19.7. The lowest BCUT2D eigenvalue weighted by molar-refractivity contribution is -0.145. The second kappa shape index (κ2) is 7.83. The fourth-order valence-electron chi connectivity index (χ4n) is 4.36. The molecule has 0 unspecified atom stereocenters. The Labute approximate surface area is 164 Å². The number of anilines is 1. The van der Waals surface area contributed by atoms with E-state index in [2.05, 4.69) is 21.8 Å². The maximum absolute atomic E-state index is 12.9. The fraction of sp³-hybridized carbons (Fsp3) is 0.632. The van der Waals surface area contributed by atoms with E-state index in [4.69, 9.17) is 0 Å². The van der Waals surface area contributed by atoms with Crippen LogP contribution in [0.25, 0.3) is 0 Å². The zero-order valence-corrected chi connectivity index (χ0v) is 16.2. The maximum Gasteiger partial charge on any atom is 0.335 e. The molecule has 1 aliphatic carbocycles. The van der Waals surface area contributed by atoms with Crippen LogP contribution in [0, 0.1) is 5.92 Å². The van der Waals surface area contributed by atoms with Gasteiger partial charge in [-0.25, -0.2) is 19.7 Å². The Hall–Kier alpha value is -2.55. The number of imide groups is 2. The third kappa shape index (κ3) is 3.46. The summed E-state index contributed by atoms with van der Waals surface area (Å²) in [5, 5.41) is 0. The third-order valence-corrected chi connectivity index (χ3v) is 6.03. The lowest BCUT2D eigenvalue weighted by atomic mass is 9.85. The molecule has 1 aromatic heterocycles. The highest BCUT2D eigenvalue weighted by Crippen LogP contribution is 2.31. The summed E-state index contributed by atoms with van der Waals surface area (Å²) in [6, 6.07) is 1.16. The zero-order valence-electron chi connectivity index (χ0n) is 16.2. The number of nitrogens with zero attached hydrogens (tertiary/aromatic N) is 6. The number of piperazine rings is 1. The van der Waals surface area contributed by atoms with Gasteiger partial charge in [0.1, 0.15) is 0 Å². The van der Waals surface area contributed by atoms with Crippen LogP contribution in [0.5, 0.6) is 0 Å². The van der Waals surface area contributed by atoms with E-state index < -0.39 is 17.8 Å². The highest BCUT2D eigenvalue weighted by molar-refractivity contribution is 6.44. The Kier molecular flexibility index (Phi) is 5.25. The largest absolute Gasteiger partial charge is 0.338 e. The molecule has 1 aromatic rings. The van der Waals surface area contributed by atoms with Crippen LogP contribution in [-0.4, -0.2) is 81.4 Å². The molecule has 0 N–H and O–H groups in total. The second-order valence-corrected chi connectivity index (χ2v) is 7.82. The minimum Gasteiger partial charge on any atom is -0.338 e. The normalized spacial score (nSPS) is 27.0. The molecule has 4 rings (SSSR count). The minimum atomic E-state index is -0.698. The highest BCUT2D eigenvalue weighted by Gasteiger charge is 2.49. The van der Waals surface area contributed by atoms with E-state index in [1.807, 2.05) is 4.90 Å². The monoisotopic (exact) mass is 386 g/mol. The Bertz CT molecular complexity index is 749. The molecule has 0 radical (unpaired) electrons. The standard InChI is InChI=1S/C19H26N6O3/c1-14-5-2-3-6-15(14)25-17(27)16(26)24(19(25)28)13-22-9-11-23(12-10-22)18-20-7-4-8-21-18/h4,7-8,14-15H,2-3,5-6,9-13H2,1H3/t14-,15-/m0/s1. The molecule has 1 saturated carbocycles. The van der Waals surface area contributed by atoms with Crippen LogP contribution in [0.2, 0.25) is 0 Å². The van der Waals surface area contributed by atoms with Crippen molar-refractivity contribution in [2.75, 3.05) is 37.7 Å². The highest BCUT2D eigenvalue weighted by atomic mass is 16.2. The van der Waals surface area contributed by atoms with Crippen LogP contribution in [0.1, 0.15) is 32.6 Å². The van der Waals surface area contributed by atoms with Crippen LogP contribution in [0.15, 0.2) is 18.5 Å². The van der Waals surface area contributed by atoms with Crippen LogP contribution in [-0.2, 0) is 9.59 Å². The predicted octanol–water partition coefficient (Wildman–Crippen LogP) is 0.926. The molecule has 3 heterocycles. The number of hydrogen-bond acceptors (Lipinski definition) is 7. The third-order valence-electron chi connectivity index (χ3n) is 6.03. The Morgan fingerprint density at radius 2 is 1.64 bits per heavy atom. The van der Waals surface area contributed by atoms with Gasteiger partial charge in [-0.3, -0.25) is 19.4 Å². The molecule has 0 spiro atoms. The number of aromatic nitrogens is 2. The van der Waals surface area contributed by atoms with Gasteiger partial charge in [-0.05, 0) is 24.8 Å². The van der Waals surface area contributed by atoms with E-state index in [0.29, 0.717) is 32.1 Å². The molecule has 150 valence electrons. The van der Waals surface area contributed by atoms with Gasteiger partial charge in [0.05, 0.1) is 6.67 Å². The minimum absolute atomic E-state index is 0.157. The van der Waals surface area contributed by atoms with Gasteiger partial charge in [0.2, 0.25) is 5.95 Å². The van der Waals surface area contributed by atoms with Crippen molar-refractivity contribution < 1.29 is 14.4 Å². The van der Waals surface area contributed by atoms with Gasteiger partial charge in [-0.2, -0.15) is 0 Å². The quantitative estimate of drug-likeness (QED) is 0.562. The SMILES string of the molecule is C[C@H]1CCCC[C@@H]1N1C(=O)C(=O)N(CN2CCN(c3ncccn3)CC2)C1=O. The van der Waals surface area contributed by atoms with Crippen LogP contribution >= 0.6 is 0 Å². The van der Waals surface area contributed by atoms with E-state index in [-0.39, 0.29) is 18.6 Å². The molecule has 9 nitrogen and oxygen atoms in total. The first-order valence-electron chi connectivity index (χ1n) is 9.99. The van der Waals surface area contributed by atoms with Crippen molar-refractivity contribution in [3.8, 4) is 0 Å². The molecule has 2 aliphatic heterocycles. The van der Waals surface area contributed by atoms with E-state index in [9.17, 15) is 14.4 Å². The van der Waals surface area contributed by atoms with Gasteiger partial charge < -0.3 is 4.90 Å². The second-order valence-electron chi connectivity index (χ2n) is 7.82. The van der Waals surface area contributed by atoms with Crippen molar-refractivity contribution in [3.63, 3.8) is 0 Å². The number of hydrogen-bond donors (Lipinski definition) is 0. The summed E-state index contributed by atoms with van der Waals surface area (Å²) in [4.78, 5) is 52.8. The summed E-state index contributed by atoms with van der Waals surface area (Å²) in [5.74, 6) is -0.441. The molecular formula is C19H26N6O3. The van der Waals surface area contributed by atoms with E-state index in [0.717, 1.165) is 30.6 Å². The Morgan fingerprint density at radius 1 is 0.964 bits per heavy atom. The van der Waals surface area contributed by atoms with Gasteiger partial charge in [0, 0.05) is 44.6 Å². The Morgan fingerprint density at radius 3 is 2.32 bits per heavy atom. The molecule has 28 heavy (non-hydrogen) atoms. The number of rotatable bonds is 4.